The van der Waals surface area contributed by atoms with Crippen molar-refractivity contribution in [3.05, 3.63) is 64.3 Å². The van der Waals surface area contributed by atoms with E-state index in [1.54, 1.807) is 32.3 Å². The topological polar surface area (TPSA) is 107 Å². The molecule has 0 spiro atoms. The number of carbonyl (C=O) groups is 1. The number of benzene rings is 1. The lowest BCUT2D eigenvalue weighted by molar-refractivity contribution is -0.114. The van der Waals surface area contributed by atoms with Crippen LogP contribution in [-0.4, -0.2) is 72.3 Å². The minimum absolute atomic E-state index is 0.0998. The largest absolute Gasteiger partial charge is 0.482 e. The van der Waals surface area contributed by atoms with Crippen molar-refractivity contribution < 1.29 is 19.0 Å². The van der Waals surface area contributed by atoms with E-state index in [1.807, 2.05) is 0 Å². The zero-order valence-corrected chi connectivity index (χ0v) is 22.6. The van der Waals surface area contributed by atoms with Crippen molar-refractivity contribution in [3.8, 4) is 28.3 Å². The zero-order chi connectivity index (χ0) is 29.1. The summed E-state index contributed by atoms with van der Waals surface area (Å²) < 4.78 is 23.6. The number of hydrogen-bond donors (Lipinski definition) is 2. The highest BCUT2D eigenvalue weighted by molar-refractivity contribution is 6.45. The Balaban J connectivity index is 1.90. The number of pyridine rings is 1. The number of aliphatic hydroxyl groups is 1. The number of nitrogens with zero attached hydrogens (tertiary/aromatic N) is 5. The second-order valence-corrected chi connectivity index (χ2v) is 10.2. The smallest absolute Gasteiger partial charge is 0.222 e. The molecule has 1 aliphatic rings. The first kappa shape index (κ1) is 28.0. The van der Waals surface area contributed by atoms with Crippen molar-refractivity contribution in [2.45, 2.75) is 37.1 Å². The van der Waals surface area contributed by atoms with Gasteiger partial charge in [-0.05, 0) is 42.0 Å². The third-order valence-electron chi connectivity index (χ3n) is 6.43. The molecule has 1 amide bonds. The lowest BCUT2D eigenvalue weighted by atomic mass is 9.47. The molecule has 15 heteroatoms. The number of rotatable bonds is 3. The molecular weight excluding hydrogens is 530 g/mol. The van der Waals surface area contributed by atoms with Gasteiger partial charge in [-0.3, -0.25) is 14.2 Å². The van der Waals surface area contributed by atoms with Crippen LogP contribution in [0.1, 0.15) is 36.6 Å². The molecule has 0 fully saturated rings. The number of nitrogens with one attached hydrogen (secondary N) is 1. The summed E-state index contributed by atoms with van der Waals surface area (Å²) in [4.78, 5) is 16.3. The molecule has 3 aromatic heterocycles. The van der Waals surface area contributed by atoms with Crippen LogP contribution in [-0.2, 0) is 23.6 Å². The van der Waals surface area contributed by atoms with Crippen LogP contribution in [0.15, 0.2) is 36.7 Å². The van der Waals surface area contributed by atoms with Crippen LogP contribution < -0.4 is 10.1 Å². The molecule has 0 unspecified atom stereocenters. The summed E-state index contributed by atoms with van der Waals surface area (Å²) in [5, 5.41) is 17.7. The minimum Gasteiger partial charge on any atom is -0.482 e. The molecule has 194 valence electrons. The van der Waals surface area contributed by atoms with Crippen LogP contribution in [0.4, 0.5) is 10.2 Å². The van der Waals surface area contributed by atoms with Gasteiger partial charge in [-0.15, -0.1) is 0 Å². The summed E-state index contributed by atoms with van der Waals surface area (Å²) in [5.74, 6) is -0.641. The van der Waals surface area contributed by atoms with Crippen molar-refractivity contribution in [2.24, 2.45) is 7.05 Å². The molecular formula is C25H20B4ClFN6O3. The molecule has 9 nitrogen and oxygen atoms in total. The van der Waals surface area contributed by atoms with Gasteiger partial charge in [0.25, 0.3) is 0 Å². The third kappa shape index (κ3) is 5.06. The molecule has 8 radical (unpaired) electrons. The predicted octanol–water partition coefficient (Wildman–Crippen LogP) is 2.07. The summed E-state index contributed by atoms with van der Waals surface area (Å²) in [7, 11) is 26.8. The van der Waals surface area contributed by atoms with Crippen molar-refractivity contribution in [1.82, 2.24) is 24.5 Å². The van der Waals surface area contributed by atoms with Gasteiger partial charge < -0.3 is 15.2 Å². The van der Waals surface area contributed by atoms with Gasteiger partial charge in [-0.1, -0.05) is 11.6 Å². The lowest BCUT2D eigenvalue weighted by Crippen LogP contribution is -2.36. The first-order valence-corrected chi connectivity index (χ1v) is 12.5. The Bertz CT molecular complexity index is 1650. The van der Waals surface area contributed by atoms with E-state index in [1.165, 1.54) is 34.6 Å². The highest BCUT2D eigenvalue weighted by atomic mass is 35.5. The summed E-state index contributed by atoms with van der Waals surface area (Å²) in [6, 6.07) is 5.73. The van der Waals surface area contributed by atoms with Crippen LogP contribution in [0.2, 0.25) is 5.15 Å². The number of fused-ring (bicyclic) bond motifs is 7. The van der Waals surface area contributed by atoms with Crippen LogP contribution >= 0.6 is 11.6 Å². The summed E-state index contributed by atoms with van der Waals surface area (Å²) >= 11 is 6.66. The Kier molecular flexibility index (Phi) is 6.90. The normalized spacial score (nSPS) is 16.0. The van der Waals surface area contributed by atoms with E-state index >= 15 is 0 Å². The molecule has 0 aliphatic carbocycles. The summed E-state index contributed by atoms with van der Waals surface area (Å²) in [6.45, 7) is 2.63. The fourth-order valence-electron chi connectivity index (χ4n) is 4.84. The maximum Gasteiger partial charge on any atom is 0.222 e. The Morgan fingerprint density at radius 3 is 2.70 bits per heavy atom. The number of anilines is 1. The predicted molar refractivity (Wildman–Crippen MR) is 151 cm³/mol. The summed E-state index contributed by atoms with van der Waals surface area (Å²) in [6.07, 6.45) is 2.28. The lowest BCUT2D eigenvalue weighted by Gasteiger charge is -2.30. The highest BCUT2D eigenvalue weighted by Crippen LogP contribution is 2.45. The van der Waals surface area contributed by atoms with E-state index < -0.39 is 35.0 Å². The van der Waals surface area contributed by atoms with E-state index in [2.05, 4.69) is 20.5 Å². The standard InChI is InChI=1S/C25H20B4ClFN6O3/c1-11-16-7-14(31)4-5-15(16)20-17(9-36(3)34-20)25(28,29)19-21(37(35-22(19)30)10-24(26,27)39)13-6-18(40-11)23(32-8-13)33-12(2)38/h4-9,11,39H,10H2,1-3H3,(H,32,33,38)/t11-/m1/s1. The number of carbonyl (C=O) groups excluding carboxylic acids is 1. The first-order valence-electron chi connectivity index (χ1n) is 12.1. The van der Waals surface area contributed by atoms with Gasteiger partial charge >= 0.3 is 0 Å². The molecule has 4 heterocycles. The summed E-state index contributed by atoms with van der Waals surface area (Å²) in [5.41, 5.74) is 2.36. The second kappa shape index (κ2) is 9.85. The van der Waals surface area contributed by atoms with Crippen LogP contribution in [0.5, 0.6) is 5.75 Å². The average molecular weight is 550 g/mol. The van der Waals surface area contributed by atoms with Gasteiger partial charge in [0.1, 0.15) is 27.6 Å². The molecule has 1 atom stereocenters. The maximum absolute atomic E-state index is 14.5. The molecule has 40 heavy (non-hydrogen) atoms. The van der Waals surface area contributed by atoms with Crippen LogP contribution in [0.25, 0.3) is 22.5 Å². The molecule has 0 saturated carbocycles. The van der Waals surface area contributed by atoms with Gasteiger partial charge in [-0.2, -0.15) is 10.2 Å². The van der Waals surface area contributed by atoms with Crippen molar-refractivity contribution in [3.63, 3.8) is 0 Å². The van der Waals surface area contributed by atoms with Crippen molar-refractivity contribution >= 4 is 54.7 Å². The molecule has 5 rings (SSSR count). The number of hydrogen-bond acceptors (Lipinski definition) is 6. The second-order valence-electron chi connectivity index (χ2n) is 9.84. The molecule has 1 aliphatic heterocycles. The number of ether oxygens (including phenoxy) is 1. The Labute approximate surface area is 240 Å². The van der Waals surface area contributed by atoms with Gasteiger partial charge in [0.2, 0.25) is 5.91 Å². The van der Waals surface area contributed by atoms with E-state index in [0.717, 1.165) is 0 Å². The molecule has 4 aromatic rings. The van der Waals surface area contributed by atoms with E-state index in [-0.39, 0.29) is 28.0 Å². The van der Waals surface area contributed by atoms with Crippen LogP contribution in [0, 0.1) is 5.82 Å². The SMILES string of the molecule is [B]C([B])(O)Cn1nc(Cl)c2c1-c1cnc(NC(C)=O)c(c1)O[C@H](C)c1cc(F)ccc1-c1nn(C)cc1C2([B])[B]. The number of aromatic nitrogens is 5. The van der Waals surface area contributed by atoms with Crippen molar-refractivity contribution in [2.75, 3.05) is 5.32 Å². The quantitative estimate of drug-likeness (QED) is 0.379. The average Bonchev–Trinajstić information content (AvgIpc) is 3.38. The Morgan fingerprint density at radius 2 is 2.02 bits per heavy atom. The first-order chi connectivity index (χ1) is 18.7. The molecule has 0 saturated heterocycles. The Morgan fingerprint density at radius 1 is 1.30 bits per heavy atom. The maximum atomic E-state index is 14.5. The van der Waals surface area contributed by atoms with Gasteiger partial charge in [0, 0.05) is 54.0 Å². The van der Waals surface area contributed by atoms with Gasteiger partial charge in [0.05, 0.1) is 33.6 Å². The Hall–Kier alpha value is -3.50. The zero-order valence-electron chi connectivity index (χ0n) is 21.8. The van der Waals surface area contributed by atoms with Crippen LogP contribution in [0.3, 0.4) is 0 Å². The van der Waals surface area contributed by atoms with Crippen molar-refractivity contribution in [1.29, 1.82) is 0 Å². The number of aryl methyl sites for hydroxylation is 1. The molecule has 2 N–H and O–H groups in total. The van der Waals surface area contributed by atoms with Gasteiger partial charge in [0.15, 0.2) is 16.7 Å². The fraction of sp³-hybridized carbons (Fsp3) is 0.280. The fourth-order valence-corrected chi connectivity index (χ4v) is 5.17. The third-order valence-corrected chi connectivity index (χ3v) is 6.70. The molecule has 1 aromatic carbocycles. The van der Waals surface area contributed by atoms with Gasteiger partial charge in [-0.25, -0.2) is 9.37 Å². The molecule has 2 bridgehead atoms. The monoisotopic (exact) mass is 550 g/mol. The van der Waals surface area contributed by atoms with E-state index in [9.17, 15) is 14.3 Å². The number of halogens is 2. The number of amides is 1. The van der Waals surface area contributed by atoms with E-state index in [0.29, 0.717) is 27.9 Å². The minimum atomic E-state index is -2.18. The highest BCUT2D eigenvalue weighted by Gasteiger charge is 2.37. The van der Waals surface area contributed by atoms with E-state index in [4.69, 9.17) is 47.7 Å².